The normalized spacial score (nSPS) is 11.6. The average molecular weight is 309 g/mol. The monoisotopic (exact) mass is 308 g/mol. The number of hydrogen-bond donors (Lipinski definition) is 0. The predicted molar refractivity (Wildman–Crippen MR) is 71.4 cm³/mol. The topological polar surface area (TPSA) is 43.4 Å². The zero-order valence-electron chi connectivity index (χ0n) is 8.43. The lowest BCUT2D eigenvalue weighted by Crippen LogP contribution is -2.02. The highest BCUT2D eigenvalue weighted by molar-refractivity contribution is 8.08. The number of ether oxygens (including phenoxy) is 1. The van der Waals surface area contributed by atoms with Gasteiger partial charge in [0.05, 0.1) is 0 Å². The summed E-state index contributed by atoms with van der Waals surface area (Å²) in [4.78, 5) is 12.0. The first-order valence-corrected chi connectivity index (χ1v) is 9.12. The minimum absolute atomic E-state index is 0.438. The second-order valence-corrected chi connectivity index (χ2v) is 9.56. The van der Waals surface area contributed by atoms with E-state index in [4.69, 9.17) is 27.2 Å². The van der Waals surface area contributed by atoms with E-state index in [0.717, 1.165) is 10.1 Å². The molecule has 7 heteroatoms. The Bertz CT molecular complexity index is 571. The Morgan fingerprint density at radius 1 is 1.35 bits per heavy atom. The molecule has 17 heavy (non-hydrogen) atoms. The molecular weight excluding hydrogens is 302 g/mol. The van der Waals surface area contributed by atoms with Crippen molar-refractivity contribution in [1.82, 2.24) is 0 Å². The van der Waals surface area contributed by atoms with Gasteiger partial charge in [-0.05, 0) is 40.0 Å². The van der Waals surface area contributed by atoms with Crippen LogP contribution in [0.15, 0.2) is 30.3 Å². The molecule has 1 aromatic carbocycles. The van der Waals surface area contributed by atoms with Crippen LogP contribution < -0.4 is 0 Å². The molecule has 2 rings (SSSR count). The molecule has 0 saturated carbocycles. The van der Waals surface area contributed by atoms with Crippen molar-refractivity contribution in [1.29, 1.82) is 0 Å². The van der Waals surface area contributed by atoms with E-state index in [1.54, 1.807) is 6.07 Å². The van der Waals surface area contributed by atoms with Gasteiger partial charge in [0.15, 0.2) is 6.35 Å². The molecule has 0 spiro atoms. The average Bonchev–Trinajstić information content (AvgIpc) is 2.68. The van der Waals surface area contributed by atoms with E-state index >= 15 is 0 Å². The summed E-state index contributed by atoms with van der Waals surface area (Å²) in [6, 6.07) is 9.30. The van der Waals surface area contributed by atoms with Gasteiger partial charge >= 0.3 is 5.97 Å². The molecule has 0 unspecified atom stereocenters. The first kappa shape index (κ1) is 12.9. The van der Waals surface area contributed by atoms with E-state index in [1.165, 1.54) is 11.3 Å². The SMILES string of the molecule is O=C(OCP(=O)(Cl)Cl)c1cc2ccccc2s1. The lowest BCUT2D eigenvalue weighted by Gasteiger charge is -2.02. The molecule has 3 nitrogen and oxygen atoms in total. The Balaban J connectivity index is 2.17. The molecule has 0 radical (unpaired) electrons. The summed E-state index contributed by atoms with van der Waals surface area (Å²) in [5, 5.41) is 0.962. The number of halogens is 2. The predicted octanol–water partition coefficient (Wildman–Crippen LogP) is 4.69. The number of rotatable bonds is 3. The maximum Gasteiger partial charge on any atom is 0.348 e. The van der Waals surface area contributed by atoms with Crippen molar-refractivity contribution in [2.24, 2.45) is 0 Å². The number of carbonyl (C=O) groups is 1. The van der Waals surface area contributed by atoms with Gasteiger partial charge in [-0.3, -0.25) is 4.57 Å². The third-order valence-electron chi connectivity index (χ3n) is 1.97. The molecule has 0 fully saturated rings. The highest BCUT2D eigenvalue weighted by Gasteiger charge is 2.19. The summed E-state index contributed by atoms with van der Waals surface area (Å²) >= 11 is 11.9. The number of hydrogen-bond acceptors (Lipinski definition) is 4. The summed E-state index contributed by atoms with van der Waals surface area (Å²) < 4.78 is 16.7. The highest BCUT2D eigenvalue weighted by atomic mass is 35.9. The van der Waals surface area contributed by atoms with Gasteiger partial charge in [-0.2, -0.15) is 0 Å². The molecule has 1 heterocycles. The summed E-state index contributed by atoms with van der Waals surface area (Å²) in [7, 11) is 0. The Labute approximate surface area is 111 Å². The first-order chi connectivity index (χ1) is 7.96. The van der Waals surface area contributed by atoms with Crippen LogP contribution in [0.25, 0.3) is 10.1 Å². The van der Waals surface area contributed by atoms with Gasteiger partial charge in [0.25, 0.3) is 5.85 Å². The van der Waals surface area contributed by atoms with E-state index in [0.29, 0.717) is 4.88 Å². The molecule has 0 bridgehead atoms. The molecule has 0 N–H and O–H groups in total. The lowest BCUT2D eigenvalue weighted by atomic mass is 10.2. The quantitative estimate of drug-likeness (QED) is 0.610. The molecule has 0 amide bonds. The maximum absolute atomic E-state index is 11.6. The lowest BCUT2D eigenvalue weighted by molar-refractivity contribution is 0.0579. The number of benzene rings is 1. The van der Waals surface area contributed by atoms with Crippen molar-refractivity contribution < 1.29 is 14.1 Å². The largest absolute Gasteiger partial charge is 0.451 e. The second kappa shape index (κ2) is 4.99. The van der Waals surface area contributed by atoms with Gasteiger partial charge in [0.1, 0.15) is 4.88 Å². The van der Waals surface area contributed by atoms with Gasteiger partial charge in [-0.25, -0.2) is 4.79 Å². The smallest absolute Gasteiger partial charge is 0.348 e. The number of fused-ring (bicyclic) bond motifs is 1. The van der Waals surface area contributed by atoms with Crippen LogP contribution in [-0.4, -0.2) is 12.3 Å². The number of carbonyl (C=O) groups excluding carboxylic acids is 1. The molecule has 0 aliphatic heterocycles. The van der Waals surface area contributed by atoms with Crippen molar-refractivity contribution in [3.63, 3.8) is 0 Å². The Morgan fingerprint density at radius 3 is 2.71 bits per heavy atom. The summed E-state index contributed by atoms with van der Waals surface area (Å²) in [6.07, 6.45) is -0.469. The standard InChI is InChI=1S/C10H7Cl2O3PS/c11-16(12,14)6-15-10(13)9-5-7-3-1-2-4-8(7)17-9/h1-5H,6H2. The molecular formula is C10H7Cl2O3PS. The minimum Gasteiger partial charge on any atom is -0.451 e. The Hall–Kier alpha value is -0.540. The third-order valence-corrected chi connectivity index (χ3v) is 4.08. The van der Waals surface area contributed by atoms with Crippen LogP contribution in [0.2, 0.25) is 0 Å². The second-order valence-electron chi connectivity index (χ2n) is 3.28. The van der Waals surface area contributed by atoms with E-state index < -0.39 is 18.2 Å². The first-order valence-electron chi connectivity index (χ1n) is 4.60. The van der Waals surface area contributed by atoms with Crippen LogP contribution in [0, 0.1) is 0 Å². The van der Waals surface area contributed by atoms with Gasteiger partial charge in [0, 0.05) is 4.70 Å². The highest BCUT2D eigenvalue weighted by Crippen LogP contribution is 2.56. The minimum atomic E-state index is -3.37. The maximum atomic E-state index is 11.6. The van der Waals surface area contributed by atoms with E-state index in [1.807, 2.05) is 24.3 Å². The van der Waals surface area contributed by atoms with Crippen LogP contribution in [0.1, 0.15) is 9.67 Å². The van der Waals surface area contributed by atoms with Crippen molar-refractivity contribution in [2.75, 3.05) is 6.35 Å². The van der Waals surface area contributed by atoms with Crippen LogP contribution in [-0.2, 0) is 9.30 Å². The fraction of sp³-hybridized carbons (Fsp3) is 0.100. The summed E-state index contributed by atoms with van der Waals surface area (Å²) in [5.74, 6) is -3.93. The van der Waals surface area contributed by atoms with E-state index in [2.05, 4.69) is 0 Å². The molecule has 0 aliphatic carbocycles. The van der Waals surface area contributed by atoms with Crippen LogP contribution in [0.5, 0.6) is 0 Å². The zero-order valence-corrected chi connectivity index (χ0v) is 11.7. The van der Waals surface area contributed by atoms with Crippen molar-refractivity contribution in [3.8, 4) is 0 Å². The molecule has 0 saturated heterocycles. The molecule has 0 atom stereocenters. The van der Waals surface area contributed by atoms with Crippen LogP contribution in [0.4, 0.5) is 0 Å². The van der Waals surface area contributed by atoms with E-state index in [-0.39, 0.29) is 0 Å². The molecule has 90 valence electrons. The van der Waals surface area contributed by atoms with Crippen LogP contribution in [0.3, 0.4) is 0 Å². The molecule has 1 aromatic heterocycles. The van der Waals surface area contributed by atoms with E-state index in [9.17, 15) is 9.36 Å². The zero-order chi connectivity index (χ0) is 12.5. The van der Waals surface area contributed by atoms with Gasteiger partial charge in [0.2, 0.25) is 0 Å². The number of esters is 1. The van der Waals surface area contributed by atoms with Crippen molar-refractivity contribution in [3.05, 3.63) is 35.2 Å². The van der Waals surface area contributed by atoms with Crippen molar-refractivity contribution in [2.45, 2.75) is 0 Å². The van der Waals surface area contributed by atoms with Gasteiger partial charge in [-0.15, -0.1) is 11.3 Å². The number of thiophene rings is 1. The third kappa shape index (κ3) is 3.46. The van der Waals surface area contributed by atoms with Gasteiger partial charge < -0.3 is 4.74 Å². The Kier molecular flexibility index (Phi) is 3.79. The Morgan fingerprint density at radius 2 is 2.06 bits per heavy atom. The summed E-state index contributed by atoms with van der Waals surface area (Å²) in [5.41, 5.74) is 0. The molecule has 2 aromatic rings. The van der Waals surface area contributed by atoms with Crippen LogP contribution >= 0.6 is 39.7 Å². The van der Waals surface area contributed by atoms with Crippen molar-refractivity contribution >= 4 is 55.7 Å². The van der Waals surface area contributed by atoms with Gasteiger partial charge in [-0.1, -0.05) is 18.2 Å². The fourth-order valence-corrected chi connectivity index (χ4v) is 2.80. The summed E-state index contributed by atoms with van der Waals surface area (Å²) in [6.45, 7) is 0. The fourth-order valence-electron chi connectivity index (χ4n) is 1.29. The molecule has 0 aliphatic rings.